The van der Waals surface area contributed by atoms with Crippen molar-refractivity contribution in [2.45, 2.75) is 31.5 Å². The third kappa shape index (κ3) is 5.24. The van der Waals surface area contributed by atoms with Crippen molar-refractivity contribution in [3.8, 4) is 0 Å². The second-order valence-electron chi connectivity index (χ2n) is 4.30. The van der Waals surface area contributed by atoms with Gasteiger partial charge in [0.25, 0.3) is 5.91 Å². The first kappa shape index (κ1) is 16.0. The van der Waals surface area contributed by atoms with E-state index >= 15 is 0 Å². The molecule has 1 unspecified atom stereocenters. The van der Waals surface area contributed by atoms with Crippen LogP contribution in [-0.4, -0.2) is 41.2 Å². The van der Waals surface area contributed by atoms with Crippen molar-refractivity contribution in [3.05, 3.63) is 23.0 Å². The largest absolute Gasteiger partial charge is 0.384 e. The number of carbonyl (C=O) groups excluding carboxylic acids is 1. The van der Waals surface area contributed by atoms with Gasteiger partial charge in [-0.05, 0) is 25.8 Å². The molecule has 1 aromatic heterocycles. The molecule has 0 aromatic carbocycles. The van der Waals surface area contributed by atoms with Crippen molar-refractivity contribution in [2.75, 3.05) is 20.3 Å². The number of aryl methyl sites for hydroxylation is 2. The topological polar surface area (TPSA) is 64.1 Å². The van der Waals surface area contributed by atoms with Crippen LogP contribution in [0.2, 0.25) is 0 Å². The average Bonchev–Trinajstić information content (AvgIpc) is 2.38. The van der Waals surface area contributed by atoms with Gasteiger partial charge in [0.15, 0.2) is 0 Å². The van der Waals surface area contributed by atoms with E-state index < -0.39 is 0 Å². The Bertz CT molecular complexity index is 426. The van der Waals surface area contributed by atoms with Gasteiger partial charge in [0.05, 0.1) is 23.6 Å². The fraction of sp³-hybridized carbons (Fsp3) is 0.615. The van der Waals surface area contributed by atoms with E-state index in [-0.39, 0.29) is 10.7 Å². The summed E-state index contributed by atoms with van der Waals surface area (Å²) in [5.41, 5.74) is 2.10. The lowest BCUT2D eigenvalue weighted by Gasteiger charge is -2.11. The number of nitrogens with zero attached hydrogens (tertiary/aromatic N) is 2. The Morgan fingerprint density at radius 2 is 2.26 bits per heavy atom. The fourth-order valence-corrected chi connectivity index (χ4v) is 2.17. The molecule has 0 saturated heterocycles. The van der Waals surface area contributed by atoms with Gasteiger partial charge in [-0.15, -0.1) is 0 Å². The smallest absolute Gasteiger partial charge is 0.253 e. The van der Waals surface area contributed by atoms with Gasteiger partial charge in [0, 0.05) is 18.5 Å². The molecule has 1 atom stereocenters. The first-order chi connectivity index (χ1) is 9.08. The zero-order valence-corrected chi connectivity index (χ0v) is 13.2. The number of halogens is 1. The maximum Gasteiger partial charge on any atom is 0.253 e. The number of hydrogen-bond donors (Lipinski definition) is 1. The third-order valence-corrected chi connectivity index (χ3v) is 3.38. The molecule has 0 aliphatic heterocycles. The first-order valence-corrected chi connectivity index (χ1v) is 7.24. The monoisotopic (exact) mass is 329 g/mol. The van der Waals surface area contributed by atoms with Crippen LogP contribution in [-0.2, 0) is 11.2 Å². The van der Waals surface area contributed by atoms with Crippen LogP contribution in [0.15, 0.2) is 6.07 Å². The van der Waals surface area contributed by atoms with Crippen LogP contribution in [0.4, 0.5) is 0 Å². The van der Waals surface area contributed by atoms with Crippen molar-refractivity contribution in [1.29, 1.82) is 0 Å². The van der Waals surface area contributed by atoms with Crippen molar-refractivity contribution in [2.24, 2.45) is 0 Å². The Labute approximate surface area is 122 Å². The molecular weight excluding hydrogens is 310 g/mol. The van der Waals surface area contributed by atoms with E-state index in [1.54, 1.807) is 13.2 Å². The molecule has 0 bridgehead atoms. The van der Waals surface area contributed by atoms with Crippen LogP contribution in [0, 0.1) is 6.92 Å². The van der Waals surface area contributed by atoms with Gasteiger partial charge in [0.1, 0.15) is 0 Å². The van der Waals surface area contributed by atoms with E-state index in [1.807, 2.05) is 13.8 Å². The highest BCUT2D eigenvalue weighted by atomic mass is 79.9. The molecule has 0 fully saturated rings. The third-order valence-electron chi connectivity index (χ3n) is 2.66. The molecule has 0 radical (unpaired) electrons. The summed E-state index contributed by atoms with van der Waals surface area (Å²) < 4.78 is 5.02. The summed E-state index contributed by atoms with van der Waals surface area (Å²) in [7, 11) is 1.66. The fourth-order valence-electron chi connectivity index (χ4n) is 1.67. The molecule has 6 heteroatoms. The van der Waals surface area contributed by atoms with Gasteiger partial charge < -0.3 is 10.1 Å². The van der Waals surface area contributed by atoms with Gasteiger partial charge in [-0.25, -0.2) is 0 Å². The molecular formula is C13H20BrN3O2. The lowest BCUT2D eigenvalue weighted by Crippen LogP contribution is -2.28. The molecule has 1 aromatic rings. The highest BCUT2D eigenvalue weighted by Crippen LogP contribution is 2.08. The van der Waals surface area contributed by atoms with Crippen molar-refractivity contribution in [1.82, 2.24) is 15.5 Å². The summed E-state index contributed by atoms with van der Waals surface area (Å²) in [5, 5.41) is 10.9. The maximum absolute atomic E-state index is 12.1. The Morgan fingerprint density at radius 3 is 2.89 bits per heavy atom. The van der Waals surface area contributed by atoms with E-state index in [1.165, 1.54) is 0 Å². The van der Waals surface area contributed by atoms with Crippen LogP contribution < -0.4 is 5.32 Å². The first-order valence-electron chi connectivity index (χ1n) is 6.32. The van der Waals surface area contributed by atoms with Crippen LogP contribution >= 0.6 is 15.9 Å². The lowest BCUT2D eigenvalue weighted by molar-refractivity contribution is 0.0950. The maximum atomic E-state index is 12.1. The van der Waals surface area contributed by atoms with Crippen LogP contribution in [0.25, 0.3) is 0 Å². The molecule has 0 saturated carbocycles. The molecule has 0 aliphatic rings. The predicted molar refractivity (Wildman–Crippen MR) is 77.7 cm³/mol. The Balaban J connectivity index is 2.56. The SMILES string of the molecule is CCc1nnc(C)cc1C(=O)NCCC(Br)COC. The number of alkyl halides is 1. The molecule has 1 heterocycles. The minimum Gasteiger partial charge on any atom is -0.384 e. The van der Waals surface area contributed by atoms with Crippen LogP contribution in [0.3, 0.4) is 0 Å². The van der Waals surface area contributed by atoms with Gasteiger partial charge in [0.2, 0.25) is 0 Å². The number of nitrogens with one attached hydrogen (secondary N) is 1. The standard InChI is InChI=1S/C13H20BrN3O2/c1-4-12-11(7-9(2)16-17-12)13(18)15-6-5-10(14)8-19-3/h7,10H,4-6,8H2,1-3H3,(H,15,18). The summed E-state index contributed by atoms with van der Waals surface area (Å²) >= 11 is 3.49. The number of amides is 1. The molecule has 0 spiro atoms. The Hall–Kier alpha value is -1.01. The van der Waals surface area contributed by atoms with Crippen LogP contribution in [0.5, 0.6) is 0 Å². The van der Waals surface area contributed by atoms with Crippen molar-refractivity contribution >= 4 is 21.8 Å². The molecule has 106 valence electrons. The molecule has 19 heavy (non-hydrogen) atoms. The molecule has 1 amide bonds. The zero-order valence-electron chi connectivity index (χ0n) is 11.6. The Morgan fingerprint density at radius 1 is 1.53 bits per heavy atom. The minimum absolute atomic E-state index is 0.0908. The summed E-state index contributed by atoms with van der Waals surface area (Å²) in [6.07, 6.45) is 1.51. The minimum atomic E-state index is -0.0908. The molecule has 1 N–H and O–H groups in total. The lowest BCUT2D eigenvalue weighted by atomic mass is 10.1. The van der Waals surface area contributed by atoms with E-state index in [0.29, 0.717) is 25.1 Å². The van der Waals surface area contributed by atoms with Crippen molar-refractivity contribution in [3.63, 3.8) is 0 Å². The Kier molecular flexibility index (Phi) is 6.94. The number of hydrogen-bond acceptors (Lipinski definition) is 4. The van der Waals surface area contributed by atoms with Crippen LogP contribution in [0.1, 0.15) is 35.1 Å². The van der Waals surface area contributed by atoms with E-state index in [9.17, 15) is 4.79 Å². The quantitative estimate of drug-likeness (QED) is 0.776. The molecule has 5 nitrogen and oxygen atoms in total. The van der Waals surface area contributed by atoms with Gasteiger partial charge in [-0.3, -0.25) is 4.79 Å². The van der Waals surface area contributed by atoms with Gasteiger partial charge in [-0.1, -0.05) is 22.9 Å². The van der Waals surface area contributed by atoms with Gasteiger partial charge >= 0.3 is 0 Å². The van der Waals surface area contributed by atoms with Crippen molar-refractivity contribution < 1.29 is 9.53 Å². The molecule has 0 aliphatic carbocycles. The number of methoxy groups -OCH3 is 1. The summed E-state index contributed by atoms with van der Waals surface area (Å²) in [4.78, 5) is 12.3. The summed E-state index contributed by atoms with van der Waals surface area (Å²) in [5.74, 6) is -0.0908. The number of rotatable bonds is 7. The number of aromatic nitrogens is 2. The van der Waals surface area contributed by atoms with Gasteiger partial charge in [-0.2, -0.15) is 10.2 Å². The number of carbonyl (C=O) groups is 1. The summed E-state index contributed by atoms with van der Waals surface area (Å²) in [6, 6.07) is 1.78. The summed E-state index contributed by atoms with van der Waals surface area (Å²) in [6.45, 7) is 5.02. The van der Waals surface area contributed by atoms with E-state index in [4.69, 9.17) is 4.74 Å². The second-order valence-corrected chi connectivity index (χ2v) is 5.59. The number of ether oxygens (including phenoxy) is 1. The second kappa shape index (κ2) is 8.22. The zero-order chi connectivity index (χ0) is 14.3. The molecule has 1 rings (SSSR count). The predicted octanol–water partition coefficient (Wildman–Crippen LogP) is 1.88. The highest BCUT2D eigenvalue weighted by molar-refractivity contribution is 9.09. The normalized spacial score (nSPS) is 12.2. The van der Waals surface area contributed by atoms with E-state index in [2.05, 4.69) is 31.4 Å². The average molecular weight is 330 g/mol. The highest BCUT2D eigenvalue weighted by Gasteiger charge is 2.13. The van der Waals surface area contributed by atoms with E-state index in [0.717, 1.165) is 17.8 Å².